The van der Waals surface area contributed by atoms with Gasteiger partial charge in [-0.25, -0.2) is 4.39 Å². The lowest BCUT2D eigenvalue weighted by Crippen LogP contribution is -2.45. The van der Waals surface area contributed by atoms with Crippen LogP contribution >= 0.6 is 38.5 Å². The van der Waals surface area contributed by atoms with Crippen LogP contribution in [0.1, 0.15) is 22.8 Å². The van der Waals surface area contributed by atoms with Crippen molar-refractivity contribution in [3.63, 3.8) is 0 Å². The van der Waals surface area contributed by atoms with E-state index in [1.54, 1.807) is 0 Å². The number of alkyl halides is 1. The van der Waals surface area contributed by atoms with Crippen molar-refractivity contribution in [3.05, 3.63) is 69.0 Å². The van der Waals surface area contributed by atoms with Crippen molar-refractivity contribution in [2.75, 3.05) is 5.33 Å². The fraction of sp³-hybridized carbons (Fsp3) is 0.188. The van der Waals surface area contributed by atoms with E-state index in [1.807, 2.05) is 59.8 Å². The molecule has 1 atom stereocenters. The molecule has 5 heteroatoms. The molecule has 110 valence electrons. The smallest absolute Gasteiger partial charge is 0.253 e. The van der Waals surface area contributed by atoms with E-state index >= 15 is 0 Å². The molecule has 1 amide bonds. The Kier molecular flexibility index (Phi) is 5.37. The Morgan fingerprint density at radius 1 is 1.29 bits per heavy atom. The topological polar surface area (TPSA) is 29.1 Å². The van der Waals surface area contributed by atoms with Gasteiger partial charge in [-0.3, -0.25) is 4.79 Å². The summed E-state index contributed by atoms with van der Waals surface area (Å²) in [7, 11) is 0. The van der Waals surface area contributed by atoms with Crippen LogP contribution in [-0.2, 0) is 5.54 Å². The summed E-state index contributed by atoms with van der Waals surface area (Å²) >= 11 is 5.43. The van der Waals surface area contributed by atoms with Crippen molar-refractivity contribution < 1.29 is 9.18 Å². The van der Waals surface area contributed by atoms with Gasteiger partial charge in [0.05, 0.1) is 11.1 Å². The summed E-state index contributed by atoms with van der Waals surface area (Å²) in [6, 6.07) is 13.9. The van der Waals surface area contributed by atoms with Crippen molar-refractivity contribution in [1.82, 2.24) is 5.32 Å². The molecule has 0 radical (unpaired) electrons. The van der Waals surface area contributed by atoms with Crippen molar-refractivity contribution in [1.29, 1.82) is 0 Å². The minimum Gasteiger partial charge on any atom is -0.342 e. The number of halogens is 3. The average molecular weight is 462 g/mol. The lowest BCUT2D eigenvalue weighted by Gasteiger charge is -2.29. The van der Waals surface area contributed by atoms with E-state index < -0.39 is 5.54 Å². The summed E-state index contributed by atoms with van der Waals surface area (Å²) in [5.74, 6) is -0.563. The first-order valence-corrected chi connectivity index (χ1v) is 8.55. The van der Waals surface area contributed by atoms with Crippen molar-refractivity contribution in [3.8, 4) is 0 Å². The zero-order valence-corrected chi connectivity index (χ0v) is 15.1. The Morgan fingerprint density at radius 2 is 1.95 bits per heavy atom. The van der Waals surface area contributed by atoms with Crippen LogP contribution in [-0.4, -0.2) is 11.2 Å². The van der Waals surface area contributed by atoms with Crippen LogP contribution in [0.25, 0.3) is 0 Å². The maximum atomic E-state index is 13.1. The van der Waals surface area contributed by atoms with Gasteiger partial charge in [-0.1, -0.05) is 46.3 Å². The third-order valence-corrected chi connectivity index (χ3v) is 5.26. The lowest BCUT2D eigenvalue weighted by atomic mass is 9.94. The number of hydrogen-bond donors (Lipinski definition) is 1. The number of carbonyl (C=O) groups excluding carboxylic acids is 1. The number of nitrogens with one attached hydrogen (secondary N) is 1. The number of hydrogen-bond acceptors (Lipinski definition) is 1. The van der Waals surface area contributed by atoms with Crippen LogP contribution < -0.4 is 5.32 Å². The first-order valence-electron chi connectivity index (χ1n) is 6.35. The SMILES string of the molecule is CC(CBr)(NC(=O)c1ccc(F)cc1I)c1ccccc1. The van der Waals surface area contributed by atoms with E-state index in [0.717, 1.165) is 5.56 Å². The Morgan fingerprint density at radius 3 is 2.52 bits per heavy atom. The van der Waals surface area contributed by atoms with Gasteiger partial charge in [-0.15, -0.1) is 0 Å². The molecule has 1 N–H and O–H groups in total. The molecule has 0 saturated carbocycles. The first kappa shape index (κ1) is 16.4. The van der Waals surface area contributed by atoms with E-state index in [4.69, 9.17) is 0 Å². The predicted molar refractivity (Wildman–Crippen MR) is 94.2 cm³/mol. The third-order valence-electron chi connectivity index (χ3n) is 3.24. The number of amides is 1. The van der Waals surface area contributed by atoms with Gasteiger partial charge in [0.25, 0.3) is 5.91 Å². The van der Waals surface area contributed by atoms with Crippen molar-refractivity contribution in [2.45, 2.75) is 12.5 Å². The lowest BCUT2D eigenvalue weighted by molar-refractivity contribution is 0.0913. The van der Waals surface area contributed by atoms with Crippen LogP contribution in [0.2, 0.25) is 0 Å². The minimum atomic E-state index is -0.532. The van der Waals surface area contributed by atoms with E-state index in [1.165, 1.54) is 18.2 Å². The van der Waals surface area contributed by atoms with Gasteiger partial charge in [0.15, 0.2) is 0 Å². The molecule has 0 bridgehead atoms. The molecule has 2 nitrogen and oxygen atoms in total. The van der Waals surface area contributed by atoms with Gasteiger partial charge in [-0.05, 0) is 53.3 Å². The summed E-state index contributed by atoms with van der Waals surface area (Å²) < 4.78 is 13.7. The average Bonchev–Trinajstić information content (AvgIpc) is 2.47. The molecule has 0 aliphatic rings. The molecule has 0 aliphatic heterocycles. The van der Waals surface area contributed by atoms with Crippen LogP contribution in [0.3, 0.4) is 0 Å². The Labute approximate surface area is 145 Å². The molecule has 2 rings (SSSR count). The number of rotatable bonds is 4. The quantitative estimate of drug-likeness (QED) is 0.528. The molecule has 21 heavy (non-hydrogen) atoms. The van der Waals surface area contributed by atoms with Gasteiger partial charge in [0.1, 0.15) is 5.82 Å². The highest BCUT2D eigenvalue weighted by molar-refractivity contribution is 14.1. The monoisotopic (exact) mass is 461 g/mol. The zero-order valence-electron chi connectivity index (χ0n) is 11.4. The minimum absolute atomic E-state index is 0.217. The summed E-state index contributed by atoms with van der Waals surface area (Å²) in [5, 5.41) is 3.60. The summed E-state index contributed by atoms with van der Waals surface area (Å²) in [4.78, 5) is 12.5. The maximum Gasteiger partial charge on any atom is 0.253 e. The standard InChI is InChI=1S/C16H14BrFINO/c1-16(10-17,11-5-3-2-4-6-11)20-15(21)13-8-7-12(18)9-14(13)19/h2-9H,10H2,1H3,(H,20,21). The molecule has 2 aromatic carbocycles. The summed E-state index contributed by atoms with van der Waals surface area (Å²) in [6.45, 7) is 1.95. The van der Waals surface area contributed by atoms with E-state index in [9.17, 15) is 9.18 Å². The molecule has 0 spiro atoms. The molecule has 0 heterocycles. The fourth-order valence-corrected chi connectivity index (χ4v) is 3.17. The molecule has 0 aliphatic carbocycles. The highest BCUT2D eigenvalue weighted by Crippen LogP contribution is 2.24. The molecule has 2 aromatic rings. The second-order valence-electron chi connectivity index (χ2n) is 4.91. The second-order valence-corrected chi connectivity index (χ2v) is 6.63. The Hall–Kier alpha value is -0.950. The first-order chi connectivity index (χ1) is 9.96. The van der Waals surface area contributed by atoms with Crippen LogP contribution in [0.5, 0.6) is 0 Å². The van der Waals surface area contributed by atoms with Crippen molar-refractivity contribution >= 4 is 44.4 Å². The van der Waals surface area contributed by atoms with E-state index in [-0.39, 0.29) is 11.7 Å². The number of carbonyl (C=O) groups is 1. The van der Waals surface area contributed by atoms with E-state index in [2.05, 4.69) is 21.2 Å². The van der Waals surface area contributed by atoms with Gasteiger partial charge in [0, 0.05) is 8.90 Å². The second kappa shape index (κ2) is 6.87. The summed E-state index contributed by atoms with van der Waals surface area (Å²) in [6.07, 6.45) is 0. The fourth-order valence-electron chi connectivity index (χ4n) is 1.98. The third kappa shape index (κ3) is 3.83. The molecule has 0 aromatic heterocycles. The predicted octanol–water partition coefficient (Wildman–Crippen LogP) is 4.47. The number of benzene rings is 2. The molecular formula is C16H14BrFINO. The largest absolute Gasteiger partial charge is 0.342 e. The molecule has 0 fully saturated rings. The van der Waals surface area contributed by atoms with Crippen LogP contribution in [0.4, 0.5) is 4.39 Å². The molecule has 0 saturated heterocycles. The van der Waals surface area contributed by atoms with Crippen molar-refractivity contribution in [2.24, 2.45) is 0 Å². The molecule has 1 unspecified atom stereocenters. The zero-order chi connectivity index (χ0) is 15.5. The highest BCUT2D eigenvalue weighted by Gasteiger charge is 2.28. The van der Waals surface area contributed by atoms with Gasteiger partial charge < -0.3 is 5.32 Å². The highest BCUT2D eigenvalue weighted by atomic mass is 127. The Balaban J connectivity index is 2.28. The molecular weight excluding hydrogens is 448 g/mol. The Bertz CT molecular complexity index is 650. The maximum absolute atomic E-state index is 13.1. The van der Waals surface area contributed by atoms with Crippen LogP contribution in [0, 0.1) is 9.39 Å². The normalized spacial score (nSPS) is 13.5. The van der Waals surface area contributed by atoms with E-state index in [0.29, 0.717) is 14.5 Å². The van der Waals surface area contributed by atoms with Gasteiger partial charge in [-0.2, -0.15) is 0 Å². The van der Waals surface area contributed by atoms with Gasteiger partial charge >= 0.3 is 0 Å². The van der Waals surface area contributed by atoms with Gasteiger partial charge in [0.2, 0.25) is 0 Å². The summed E-state index contributed by atoms with van der Waals surface area (Å²) in [5.41, 5.74) is 0.947. The van der Waals surface area contributed by atoms with Crippen LogP contribution in [0.15, 0.2) is 48.5 Å².